The number of hydrogen-bond donors (Lipinski definition) is 2. The fourth-order valence-electron chi connectivity index (χ4n) is 3.29. The largest absolute Gasteiger partial charge is 0.383 e. The minimum Gasteiger partial charge on any atom is -0.383 e. The zero-order chi connectivity index (χ0) is 21.7. The number of nitrogens with two attached hydrogens (primary N) is 1. The molecule has 8 nitrogen and oxygen atoms in total. The van der Waals surface area contributed by atoms with E-state index in [9.17, 15) is 14.4 Å². The SMILES string of the molecule is CCc1cc[n+](CC(=O)N(CC)c2c(N)n(Cc3ccccc3)c(=O)[nH]c2=O)cc1. The Bertz CT molecular complexity index is 1130. The lowest BCUT2D eigenvalue weighted by Crippen LogP contribution is -2.47. The number of hydrogen-bond acceptors (Lipinski definition) is 4. The third-order valence-corrected chi connectivity index (χ3v) is 4.97. The molecule has 0 spiro atoms. The standard InChI is InChI=1S/C22H25N5O3/c1-3-16-10-12-25(13-11-16)15-18(28)26(4-2)19-20(23)27(22(30)24-21(19)29)14-17-8-6-5-7-9-17/h5-13H,3-4,14-15H2,1-2H3,(H2-,23,24,29,30)/p+1. The predicted molar refractivity (Wildman–Crippen MR) is 115 cm³/mol. The number of nitrogens with zero attached hydrogens (tertiary/aromatic N) is 3. The number of anilines is 2. The summed E-state index contributed by atoms with van der Waals surface area (Å²) in [6.45, 7) is 4.30. The van der Waals surface area contributed by atoms with Crippen molar-refractivity contribution in [3.8, 4) is 0 Å². The molecule has 0 saturated carbocycles. The van der Waals surface area contributed by atoms with Gasteiger partial charge >= 0.3 is 5.69 Å². The molecular formula is C22H26N5O3+. The average Bonchev–Trinajstić information content (AvgIpc) is 2.75. The van der Waals surface area contributed by atoms with E-state index in [2.05, 4.69) is 11.9 Å². The molecule has 0 aliphatic rings. The summed E-state index contributed by atoms with van der Waals surface area (Å²) in [7, 11) is 0. The van der Waals surface area contributed by atoms with Gasteiger partial charge in [0.05, 0.1) is 6.54 Å². The van der Waals surface area contributed by atoms with Crippen LogP contribution >= 0.6 is 0 Å². The van der Waals surface area contributed by atoms with E-state index in [0.29, 0.717) is 0 Å². The van der Waals surface area contributed by atoms with Gasteiger partial charge in [-0.25, -0.2) is 4.79 Å². The number of pyridine rings is 1. The monoisotopic (exact) mass is 408 g/mol. The topological polar surface area (TPSA) is 105 Å². The Morgan fingerprint density at radius 1 is 1.07 bits per heavy atom. The van der Waals surface area contributed by atoms with E-state index in [0.717, 1.165) is 12.0 Å². The van der Waals surface area contributed by atoms with E-state index < -0.39 is 11.2 Å². The van der Waals surface area contributed by atoms with Gasteiger partial charge in [-0.3, -0.25) is 24.0 Å². The summed E-state index contributed by atoms with van der Waals surface area (Å²) in [5.74, 6) is -0.331. The zero-order valence-electron chi connectivity index (χ0n) is 17.2. The van der Waals surface area contributed by atoms with Crippen LogP contribution in [0.3, 0.4) is 0 Å². The van der Waals surface area contributed by atoms with Crippen LogP contribution in [-0.2, 0) is 24.3 Å². The van der Waals surface area contributed by atoms with Crippen molar-refractivity contribution in [2.24, 2.45) is 0 Å². The second-order valence-electron chi connectivity index (χ2n) is 6.94. The first-order chi connectivity index (χ1) is 14.4. The number of nitrogens with one attached hydrogen (secondary N) is 1. The highest BCUT2D eigenvalue weighted by Gasteiger charge is 2.25. The lowest BCUT2D eigenvalue weighted by molar-refractivity contribution is -0.684. The van der Waals surface area contributed by atoms with Crippen molar-refractivity contribution < 1.29 is 9.36 Å². The number of rotatable bonds is 7. The number of aromatic nitrogens is 3. The minimum atomic E-state index is -0.677. The van der Waals surface area contributed by atoms with Crippen molar-refractivity contribution in [3.63, 3.8) is 0 Å². The third kappa shape index (κ3) is 4.48. The van der Waals surface area contributed by atoms with Crippen LogP contribution < -0.4 is 26.4 Å². The van der Waals surface area contributed by atoms with E-state index in [-0.39, 0.29) is 37.0 Å². The molecule has 1 amide bonds. The van der Waals surface area contributed by atoms with Crippen molar-refractivity contribution >= 4 is 17.4 Å². The number of nitrogen functional groups attached to an aromatic ring is 1. The third-order valence-electron chi connectivity index (χ3n) is 4.97. The zero-order valence-corrected chi connectivity index (χ0v) is 17.2. The number of carbonyl (C=O) groups excluding carboxylic acids is 1. The Kier molecular flexibility index (Phi) is 6.46. The van der Waals surface area contributed by atoms with Crippen LogP contribution in [0.15, 0.2) is 64.4 Å². The lowest BCUT2D eigenvalue weighted by atomic mass is 10.2. The normalized spacial score (nSPS) is 10.7. The lowest BCUT2D eigenvalue weighted by Gasteiger charge is -2.22. The van der Waals surface area contributed by atoms with Crippen molar-refractivity contribution in [2.45, 2.75) is 33.4 Å². The molecule has 3 aromatic rings. The summed E-state index contributed by atoms with van der Waals surface area (Å²) in [6.07, 6.45) is 4.56. The molecule has 156 valence electrons. The van der Waals surface area contributed by atoms with E-state index in [1.807, 2.05) is 54.9 Å². The molecule has 0 bridgehead atoms. The van der Waals surface area contributed by atoms with Gasteiger partial charge in [0.15, 0.2) is 18.1 Å². The molecule has 2 aromatic heterocycles. The number of likely N-dealkylation sites (N-methyl/N-ethyl adjacent to an activating group) is 1. The fourth-order valence-corrected chi connectivity index (χ4v) is 3.29. The Morgan fingerprint density at radius 2 is 1.73 bits per heavy atom. The maximum Gasteiger partial charge on any atom is 0.330 e. The maximum atomic E-state index is 13.0. The van der Waals surface area contributed by atoms with Crippen LogP contribution in [0.4, 0.5) is 11.5 Å². The molecule has 0 saturated heterocycles. The van der Waals surface area contributed by atoms with Gasteiger partial charge in [-0.1, -0.05) is 37.3 Å². The number of aryl methyl sites for hydroxylation is 1. The Labute approximate surface area is 174 Å². The van der Waals surface area contributed by atoms with Gasteiger partial charge in [-0.05, 0) is 24.5 Å². The molecule has 0 aliphatic heterocycles. The van der Waals surface area contributed by atoms with Gasteiger partial charge in [0, 0.05) is 18.7 Å². The van der Waals surface area contributed by atoms with Crippen LogP contribution in [0.5, 0.6) is 0 Å². The van der Waals surface area contributed by atoms with Crippen LogP contribution in [-0.4, -0.2) is 22.0 Å². The number of benzene rings is 1. The highest BCUT2D eigenvalue weighted by atomic mass is 16.2. The van der Waals surface area contributed by atoms with E-state index >= 15 is 0 Å². The van der Waals surface area contributed by atoms with E-state index in [1.165, 1.54) is 15.0 Å². The molecule has 0 unspecified atom stereocenters. The highest BCUT2D eigenvalue weighted by Crippen LogP contribution is 2.17. The summed E-state index contributed by atoms with van der Waals surface area (Å²) in [5, 5.41) is 0. The molecule has 30 heavy (non-hydrogen) atoms. The number of H-pyrrole nitrogens is 1. The molecule has 3 rings (SSSR count). The second-order valence-corrected chi connectivity index (χ2v) is 6.94. The summed E-state index contributed by atoms with van der Waals surface area (Å²) in [5.41, 5.74) is 6.94. The first-order valence-electron chi connectivity index (χ1n) is 9.89. The molecule has 0 atom stereocenters. The van der Waals surface area contributed by atoms with Gasteiger partial charge in [-0.2, -0.15) is 4.57 Å². The smallest absolute Gasteiger partial charge is 0.330 e. The maximum absolute atomic E-state index is 13.0. The Balaban J connectivity index is 1.94. The first kappa shape index (κ1) is 21.0. The van der Waals surface area contributed by atoms with Gasteiger partial charge < -0.3 is 5.73 Å². The molecule has 0 radical (unpaired) electrons. The van der Waals surface area contributed by atoms with Crippen LogP contribution in [0.1, 0.15) is 25.0 Å². The molecule has 0 aliphatic carbocycles. The van der Waals surface area contributed by atoms with Crippen LogP contribution in [0.25, 0.3) is 0 Å². The van der Waals surface area contributed by atoms with Crippen LogP contribution in [0, 0.1) is 0 Å². The predicted octanol–water partition coefficient (Wildman–Crippen LogP) is 1.07. The first-order valence-corrected chi connectivity index (χ1v) is 9.89. The molecule has 0 fully saturated rings. The average molecular weight is 408 g/mol. The Morgan fingerprint density at radius 3 is 2.33 bits per heavy atom. The molecule has 8 heteroatoms. The van der Waals surface area contributed by atoms with Crippen molar-refractivity contribution in [1.82, 2.24) is 9.55 Å². The van der Waals surface area contributed by atoms with Crippen molar-refractivity contribution in [2.75, 3.05) is 17.2 Å². The minimum absolute atomic E-state index is 0.0104. The molecular weight excluding hydrogens is 382 g/mol. The summed E-state index contributed by atoms with van der Waals surface area (Å²) in [4.78, 5) is 41.5. The number of amides is 1. The van der Waals surface area contributed by atoms with Gasteiger partial charge in [0.1, 0.15) is 5.82 Å². The molecule has 2 heterocycles. The highest BCUT2D eigenvalue weighted by molar-refractivity contribution is 5.94. The van der Waals surface area contributed by atoms with E-state index in [1.54, 1.807) is 11.5 Å². The molecule has 3 N–H and O–H groups in total. The summed E-state index contributed by atoms with van der Waals surface area (Å²) < 4.78 is 3.01. The fraction of sp³-hybridized carbons (Fsp3) is 0.273. The van der Waals surface area contributed by atoms with Crippen LogP contribution in [0.2, 0.25) is 0 Å². The van der Waals surface area contributed by atoms with Gasteiger partial charge in [0.2, 0.25) is 6.54 Å². The summed E-state index contributed by atoms with van der Waals surface area (Å²) in [6, 6.07) is 13.2. The summed E-state index contributed by atoms with van der Waals surface area (Å²) >= 11 is 0. The number of carbonyl (C=O) groups is 1. The second kappa shape index (κ2) is 9.21. The van der Waals surface area contributed by atoms with Gasteiger partial charge in [0.25, 0.3) is 11.5 Å². The van der Waals surface area contributed by atoms with Crippen molar-refractivity contribution in [3.05, 3.63) is 86.8 Å². The molecule has 1 aromatic carbocycles. The van der Waals surface area contributed by atoms with Crippen molar-refractivity contribution in [1.29, 1.82) is 0 Å². The quantitative estimate of drug-likeness (QED) is 0.571. The van der Waals surface area contributed by atoms with Gasteiger partial charge in [-0.15, -0.1) is 0 Å². The Hall–Kier alpha value is -3.68. The number of aromatic amines is 1. The van der Waals surface area contributed by atoms with E-state index in [4.69, 9.17) is 5.73 Å².